The molecule has 0 aliphatic heterocycles. The van der Waals surface area contributed by atoms with E-state index >= 15 is 0 Å². The molecule has 0 saturated carbocycles. The maximum absolute atomic E-state index is 12.7. The molecular weight excluding hydrogens is 305 g/mol. The molecule has 3 rings (SSSR count). The lowest BCUT2D eigenvalue weighted by Gasteiger charge is -2.04. The van der Waals surface area contributed by atoms with E-state index in [9.17, 15) is 4.79 Å². The fourth-order valence-corrected chi connectivity index (χ4v) is 2.91. The number of aryl methyl sites for hydroxylation is 1. The van der Waals surface area contributed by atoms with Crippen molar-refractivity contribution < 1.29 is 4.79 Å². The Bertz CT molecular complexity index is 836. The summed E-state index contributed by atoms with van der Waals surface area (Å²) in [4.78, 5) is 15.9. The molecule has 0 amide bonds. The minimum absolute atomic E-state index is 0.123. The van der Waals surface area contributed by atoms with E-state index in [0.717, 1.165) is 17.3 Å². The van der Waals surface area contributed by atoms with Crippen molar-refractivity contribution in [1.29, 1.82) is 0 Å². The third kappa shape index (κ3) is 2.35. The second kappa shape index (κ2) is 5.55. The zero-order chi connectivity index (χ0) is 15.0. The van der Waals surface area contributed by atoms with Gasteiger partial charge in [-0.05, 0) is 24.1 Å². The SMILES string of the molecule is CCc1cccc2c(C(=O)c3cccc(Cl)c3Cl)c[nH]c12. The Kier molecular flexibility index (Phi) is 3.75. The highest BCUT2D eigenvalue weighted by Gasteiger charge is 2.18. The van der Waals surface area contributed by atoms with Gasteiger partial charge in [-0.2, -0.15) is 0 Å². The molecule has 0 aliphatic carbocycles. The number of carbonyl (C=O) groups is 1. The van der Waals surface area contributed by atoms with Crippen LogP contribution in [-0.2, 0) is 6.42 Å². The van der Waals surface area contributed by atoms with Crippen LogP contribution in [0.1, 0.15) is 28.4 Å². The fourth-order valence-electron chi connectivity index (χ4n) is 2.52. The van der Waals surface area contributed by atoms with Gasteiger partial charge in [-0.25, -0.2) is 0 Å². The maximum Gasteiger partial charge on any atom is 0.196 e. The Hall–Kier alpha value is -1.77. The lowest BCUT2D eigenvalue weighted by Crippen LogP contribution is -2.01. The highest BCUT2D eigenvalue weighted by molar-refractivity contribution is 6.44. The summed E-state index contributed by atoms with van der Waals surface area (Å²) in [5.41, 5.74) is 3.22. The van der Waals surface area contributed by atoms with Gasteiger partial charge in [0.2, 0.25) is 0 Å². The third-order valence-corrected chi connectivity index (χ3v) is 4.44. The number of carbonyl (C=O) groups excluding carboxylic acids is 1. The number of para-hydroxylation sites is 1. The summed E-state index contributed by atoms with van der Waals surface area (Å²) < 4.78 is 0. The van der Waals surface area contributed by atoms with Crippen LogP contribution >= 0.6 is 23.2 Å². The molecule has 1 aromatic heterocycles. The van der Waals surface area contributed by atoms with Crippen molar-refractivity contribution in [2.24, 2.45) is 0 Å². The number of nitrogens with one attached hydrogen (secondary N) is 1. The summed E-state index contributed by atoms with van der Waals surface area (Å²) >= 11 is 12.1. The van der Waals surface area contributed by atoms with Gasteiger partial charge < -0.3 is 4.98 Å². The van der Waals surface area contributed by atoms with Crippen molar-refractivity contribution in [3.05, 3.63) is 69.3 Å². The minimum Gasteiger partial charge on any atom is -0.360 e. The molecule has 1 heterocycles. The van der Waals surface area contributed by atoms with Gasteiger partial charge in [0.05, 0.1) is 10.0 Å². The number of halogens is 2. The van der Waals surface area contributed by atoms with E-state index in [1.54, 1.807) is 24.4 Å². The molecule has 106 valence electrons. The van der Waals surface area contributed by atoms with Gasteiger partial charge in [0.15, 0.2) is 5.78 Å². The highest BCUT2D eigenvalue weighted by Crippen LogP contribution is 2.30. The summed E-state index contributed by atoms with van der Waals surface area (Å²) in [6, 6.07) is 11.1. The number of ketones is 1. The van der Waals surface area contributed by atoms with Crippen molar-refractivity contribution in [3.8, 4) is 0 Å². The standard InChI is InChI=1S/C17H13Cl2NO/c1-2-10-5-3-6-11-13(9-20-16(10)11)17(21)12-7-4-8-14(18)15(12)19/h3-9,20H,2H2,1H3. The van der Waals surface area contributed by atoms with Crippen molar-refractivity contribution in [3.63, 3.8) is 0 Å². The molecule has 0 unspecified atom stereocenters. The normalized spacial score (nSPS) is 11.0. The van der Waals surface area contributed by atoms with Crippen LogP contribution in [0.5, 0.6) is 0 Å². The predicted molar refractivity (Wildman–Crippen MR) is 87.6 cm³/mol. The van der Waals surface area contributed by atoms with Gasteiger partial charge in [0.25, 0.3) is 0 Å². The molecule has 2 aromatic carbocycles. The molecule has 2 nitrogen and oxygen atoms in total. The van der Waals surface area contributed by atoms with E-state index in [2.05, 4.69) is 18.0 Å². The molecule has 0 aliphatic rings. The molecule has 0 radical (unpaired) electrons. The number of aromatic amines is 1. The first-order chi connectivity index (χ1) is 10.1. The molecule has 0 bridgehead atoms. The molecule has 21 heavy (non-hydrogen) atoms. The van der Waals surface area contributed by atoms with Crippen LogP contribution in [-0.4, -0.2) is 10.8 Å². The van der Waals surface area contributed by atoms with Crippen LogP contribution in [0.3, 0.4) is 0 Å². The van der Waals surface area contributed by atoms with Crippen LogP contribution in [0.2, 0.25) is 10.0 Å². The van der Waals surface area contributed by atoms with Crippen LogP contribution in [0.15, 0.2) is 42.6 Å². The van der Waals surface area contributed by atoms with E-state index in [-0.39, 0.29) is 5.78 Å². The van der Waals surface area contributed by atoms with Crippen LogP contribution < -0.4 is 0 Å². The van der Waals surface area contributed by atoms with Gasteiger partial charge in [-0.1, -0.05) is 54.4 Å². The lowest BCUT2D eigenvalue weighted by molar-refractivity contribution is 0.104. The van der Waals surface area contributed by atoms with Crippen LogP contribution in [0, 0.1) is 0 Å². The first-order valence-electron chi connectivity index (χ1n) is 6.71. The Balaban J connectivity index is 2.17. The third-order valence-electron chi connectivity index (χ3n) is 3.62. The molecule has 3 aromatic rings. The minimum atomic E-state index is -0.123. The lowest BCUT2D eigenvalue weighted by atomic mass is 10.0. The summed E-state index contributed by atoms with van der Waals surface area (Å²) in [6.45, 7) is 2.09. The quantitative estimate of drug-likeness (QED) is 0.656. The largest absolute Gasteiger partial charge is 0.360 e. The summed E-state index contributed by atoms with van der Waals surface area (Å²) in [6.07, 6.45) is 2.65. The summed E-state index contributed by atoms with van der Waals surface area (Å²) in [7, 11) is 0. The van der Waals surface area contributed by atoms with Crippen molar-refractivity contribution in [2.45, 2.75) is 13.3 Å². The Morgan fingerprint density at radius 2 is 1.86 bits per heavy atom. The van der Waals surface area contributed by atoms with E-state index < -0.39 is 0 Å². The van der Waals surface area contributed by atoms with E-state index in [1.165, 1.54) is 5.56 Å². The number of rotatable bonds is 3. The predicted octanol–water partition coefficient (Wildman–Crippen LogP) is 5.27. The van der Waals surface area contributed by atoms with Crippen molar-refractivity contribution >= 4 is 39.9 Å². The van der Waals surface area contributed by atoms with Gasteiger partial charge >= 0.3 is 0 Å². The van der Waals surface area contributed by atoms with Gasteiger partial charge in [0.1, 0.15) is 0 Å². The second-order valence-corrected chi connectivity index (χ2v) is 5.61. The van der Waals surface area contributed by atoms with Crippen molar-refractivity contribution in [2.75, 3.05) is 0 Å². The van der Waals surface area contributed by atoms with E-state index in [0.29, 0.717) is 21.2 Å². The first kappa shape index (κ1) is 14.2. The first-order valence-corrected chi connectivity index (χ1v) is 7.46. The second-order valence-electron chi connectivity index (χ2n) is 4.83. The summed E-state index contributed by atoms with van der Waals surface area (Å²) in [5.74, 6) is -0.123. The summed E-state index contributed by atoms with van der Waals surface area (Å²) in [5, 5.41) is 1.59. The fraction of sp³-hybridized carbons (Fsp3) is 0.118. The average molecular weight is 318 g/mol. The zero-order valence-corrected chi connectivity index (χ0v) is 12.9. The molecule has 4 heteroatoms. The van der Waals surface area contributed by atoms with Gasteiger partial charge in [0, 0.05) is 28.2 Å². The molecule has 0 atom stereocenters. The van der Waals surface area contributed by atoms with Crippen molar-refractivity contribution in [1.82, 2.24) is 4.98 Å². The molecule has 0 fully saturated rings. The Morgan fingerprint density at radius 3 is 2.62 bits per heavy atom. The van der Waals surface area contributed by atoms with Crippen LogP contribution in [0.25, 0.3) is 10.9 Å². The topological polar surface area (TPSA) is 32.9 Å². The van der Waals surface area contributed by atoms with E-state index in [4.69, 9.17) is 23.2 Å². The number of H-pyrrole nitrogens is 1. The Labute approximate surface area is 132 Å². The number of benzene rings is 2. The van der Waals surface area contributed by atoms with Gasteiger partial charge in [-0.3, -0.25) is 4.79 Å². The molecular formula is C17H13Cl2NO. The maximum atomic E-state index is 12.7. The highest BCUT2D eigenvalue weighted by atomic mass is 35.5. The smallest absolute Gasteiger partial charge is 0.196 e. The number of fused-ring (bicyclic) bond motifs is 1. The molecule has 0 spiro atoms. The van der Waals surface area contributed by atoms with E-state index in [1.807, 2.05) is 12.1 Å². The number of aromatic nitrogens is 1. The number of hydrogen-bond acceptors (Lipinski definition) is 1. The zero-order valence-electron chi connectivity index (χ0n) is 11.4. The number of hydrogen-bond donors (Lipinski definition) is 1. The average Bonchev–Trinajstić information content (AvgIpc) is 2.93. The molecule has 0 saturated heterocycles. The van der Waals surface area contributed by atoms with Crippen LogP contribution in [0.4, 0.5) is 0 Å². The monoisotopic (exact) mass is 317 g/mol. The Morgan fingerprint density at radius 1 is 1.10 bits per heavy atom. The molecule has 1 N–H and O–H groups in total. The van der Waals surface area contributed by atoms with Gasteiger partial charge in [-0.15, -0.1) is 0 Å².